The van der Waals surface area contributed by atoms with Crippen molar-refractivity contribution in [1.29, 1.82) is 0 Å². The first-order chi connectivity index (χ1) is 9.61. The highest BCUT2D eigenvalue weighted by Gasteiger charge is 2.15. The smallest absolute Gasteiger partial charge is 0.0453 e. The van der Waals surface area contributed by atoms with E-state index < -0.39 is 0 Å². The van der Waals surface area contributed by atoms with Gasteiger partial charge in [0.25, 0.3) is 0 Å². The maximum absolute atomic E-state index is 6.29. The molecule has 0 aromatic heterocycles. The van der Waals surface area contributed by atoms with Crippen molar-refractivity contribution in [2.75, 3.05) is 6.54 Å². The zero-order chi connectivity index (χ0) is 14.5. The van der Waals surface area contributed by atoms with E-state index in [1.807, 2.05) is 12.1 Å². The highest BCUT2D eigenvalue weighted by Crippen LogP contribution is 2.28. The normalized spacial score (nSPS) is 12.4. The van der Waals surface area contributed by atoms with Crippen molar-refractivity contribution < 1.29 is 0 Å². The molecule has 2 aromatic rings. The lowest BCUT2D eigenvalue weighted by molar-refractivity contribution is 0.548. The first kappa shape index (κ1) is 16.1. The molecule has 1 nitrogen and oxygen atoms in total. The Labute approximate surface area is 143 Å². The maximum Gasteiger partial charge on any atom is 0.0453 e. The van der Waals surface area contributed by atoms with Gasteiger partial charge in [-0.25, -0.2) is 0 Å². The number of hydrogen-bond acceptors (Lipinski definition) is 1. The molecule has 0 radical (unpaired) electrons. The molecule has 0 saturated heterocycles. The second-order valence-electron chi connectivity index (χ2n) is 4.57. The molecule has 0 heterocycles. The fourth-order valence-corrected chi connectivity index (χ4v) is 3.45. The lowest BCUT2D eigenvalue weighted by atomic mass is 9.99. The first-order valence-corrected chi connectivity index (χ1v) is 8.37. The van der Waals surface area contributed by atoms with Crippen molar-refractivity contribution in [2.45, 2.75) is 19.4 Å². The monoisotopic (exact) mass is 419 g/mol. The van der Waals surface area contributed by atoms with Crippen LogP contribution in [0.3, 0.4) is 0 Å². The molecule has 0 aliphatic carbocycles. The molecule has 20 heavy (non-hydrogen) atoms. The van der Waals surface area contributed by atoms with Crippen LogP contribution in [0.25, 0.3) is 0 Å². The minimum Gasteiger partial charge on any atom is -0.310 e. The third kappa shape index (κ3) is 4.10. The number of rotatable bonds is 5. The Morgan fingerprint density at radius 3 is 2.55 bits per heavy atom. The molecule has 1 N–H and O–H groups in total. The van der Waals surface area contributed by atoms with Gasteiger partial charge in [-0.05, 0) is 64.9 Å². The van der Waals surface area contributed by atoms with Crippen molar-refractivity contribution in [1.82, 2.24) is 5.32 Å². The fourth-order valence-electron chi connectivity index (χ4n) is 2.20. The van der Waals surface area contributed by atoms with E-state index in [1.165, 1.54) is 9.13 Å². The molecule has 0 aliphatic rings. The van der Waals surface area contributed by atoms with Gasteiger partial charge in [-0.15, -0.1) is 0 Å². The first-order valence-electron chi connectivity index (χ1n) is 6.53. The molecule has 0 aliphatic heterocycles. The zero-order valence-corrected chi connectivity index (χ0v) is 14.8. The van der Waals surface area contributed by atoms with Crippen molar-refractivity contribution >= 4 is 45.8 Å². The molecule has 2 aromatic carbocycles. The van der Waals surface area contributed by atoms with E-state index in [4.69, 9.17) is 23.2 Å². The summed E-state index contributed by atoms with van der Waals surface area (Å²) < 4.78 is 1.26. The summed E-state index contributed by atoms with van der Waals surface area (Å²) in [6.45, 7) is 3.03. The molecule has 0 saturated carbocycles. The zero-order valence-electron chi connectivity index (χ0n) is 11.2. The Morgan fingerprint density at radius 2 is 1.90 bits per heavy atom. The van der Waals surface area contributed by atoms with Gasteiger partial charge in [-0.2, -0.15) is 0 Å². The van der Waals surface area contributed by atoms with Crippen molar-refractivity contribution in [3.63, 3.8) is 0 Å². The maximum atomic E-state index is 6.29. The van der Waals surface area contributed by atoms with Gasteiger partial charge in [0.2, 0.25) is 0 Å². The summed E-state index contributed by atoms with van der Waals surface area (Å²) in [6, 6.07) is 14.4. The summed E-state index contributed by atoms with van der Waals surface area (Å²) in [4.78, 5) is 0. The van der Waals surface area contributed by atoms with Crippen molar-refractivity contribution in [2.24, 2.45) is 0 Å². The number of benzene rings is 2. The Hall–Kier alpha value is -0.290. The van der Waals surface area contributed by atoms with Gasteiger partial charge in [0.05, 0.1) is 0 Å². The molecule has 0 spiro atoms. The molecule has 1 unspecified atom stereocenters. The molecular formula is C16H16Cl2IN. The minimum absolute atomic E-state index is 0.256. The summed E-state index contributed by atoms with van der Waals surface area (Å²) in [6.07, 6.45) is 0.851. The predicted octanol–water partition coefficient (Wildman–Crippen LogP) is 5.49. The van der Waals surface area contributed by atoms with Crippen molar-refractivity contribution in [3.05, 3.63) is 67.2 Å². The largest absolute Gasteiger partial charge is 0.310 e. The van der Waals surface area contributed by atoms with Crippen LogP contribution in [0.4, 0.5) is 0 Å². The van der Waals surface area contributed by atoms with E-state index in [0.717, 1.165) is 23.6 Å². The van der Waals surface area contributed by atoms with Crippen molar-refractivity contribution in [3.8, 4) is 0 Å². The molecule has 0 bridgehead atoms. The van der Waals surface area contributed by atoms with E-state index in [1.54, 1.807) is 6.07 Å². The highest BCUT2D eigenvalue weighted by molar-refractivity contribution is 14.1. The van der Waals surface area contributed by atoms with E-state index in [2.05, 4.69) is 59.1 Å². The minimum atomic E-state index is 0.256. The fraction of sp³-hybridized carbons (Fsp3) is 0.250. The van der Waals surface area contributed by atoms with Gasteiger partial charge in [-0.1, -0.05) is 54.4 Å². The Balaban J connectivity index is 2.28. The quantitative estimate of drug-likeness (QED) is 0.631. The van der Waals surface area contributed by atoms with E-state index in [0.29, 0.717) is 5.02 Å². The third-order valence-electron chi connectivity index (χ3n) is 3.17. The Morgan fingerprint density at radius 1 is 1.15 bits per heavy atom. The van der Waals surface area contributed by atoms with E-state index in [9.17, 15) is 0 Å². The topological polar surface area (TPSA) is 12.0 Å². The lowest BCUT2D eigenvalue weighted by Gasteiger charge is -2.20. The van der Waals surface area contributed by atoms with Crippen LogP contribution in [0.2, 0.25) is 10.0 Å². The van der Waals surface area contributed by atoms with E-state index in [-0.39, 0.29) is 6.04 Å². The lowest BCUT2D eigenvalue weighted by Crippen LogP contribution is -2.23. The van der Waals surface area contributed by atoms with Crippen LogP contribution in [0.1, 0.15) is 24.1 Å². The molecule has 2 rings (SSSR count). The summed E-state index contributed by atoms with van der Waals surface area (Å²) in [7, 11) is 0. The Bertz CT molecular complexity index is 586. The standard InChI is InChI=1S/C16H16Cl2IN/c1-2-20-16(13-5-3-4-6-15(13)19)9-11-7-8-12(17)10-14(11)18/h3-8,10,16,20H,2,9H2,1H3. The summed E-state index contributed by atoms with van der Waals surface area (Å²) in [5.74, 6) is 0. The van der Waals surface area contributed by atoms with Gasteiger partial charge >= 0.3 is 0 Å². The van der Waals surface area contributed by atoms with Crippen LogP contribution in [0.5, 0.6) is 0 Å². The highest BCUT2D eigenvalue weighted by atomic mass is 127. The predicted molar refractivity (Wildman–Crippen MR) is 95.7 cm³/mol. The van der Waals surface area contributed by atoms with Crippen LogP contribution in [-0.2, 0) is 6.42 Å². The Kier molecular flexibility index (Phi) is 6.15. The summed E-state index contributed by atoms with van der Waals surface area (Å²) in [5, 5.41) is 4.94. The van der Waals surface area contributed by atoms with Crippen LogP contribution >= 0.6 is 45.8 Å². The number of halogens is 3. The van der Waals surface area contributed by atoms with Crippen LogP contribution < -0.4 is 5.32 Å². The number of likely N-dealkylation sites (N-methyl/N-ethyl adjacent to an activating group) is 1. The van der Waals surface area contributed by atoms with E-state index >= 15 is 0 Å². The molecule has 0 amide bonds. The van der Waals surface area contributed by atoms with Gasteiger partial charge in [0.15, 0.2) is 0 Å². The van der Waals surface area contributed by atoms with Gasteiger partial charge < -0.3 is 5.32 Å². The summed E-state index contributed by atoms with van der Waals surface area (Å²) in [5.41, 5.74) is 2.42. The van der Waals surface area contributed by atoms with Crippen LogP contribution in [0, 0.1) is 3.57 Å². The molecule has 106 valence electrons. The molecular weight excluding hydrogens is 404 g/mol. The van der Waals surface area contributed by atoms with Gasteiger partial charge in [-0.3, -0.25) is 0 Å². The SMILES string of the molecule is CCNC(Cc1ccc(Cl)cc1Cl)c1ccccc1I. The molecule has 0 fully saturated rings. The number of hydrogen-bond donors (Lipinski definition) is 1. The average molecular weight is 420 g/mol. The third-order valence-corrected chi connectivity index (χ3v) is 4.74. The molecule has 1 atom stereocenters. The summed E-state index contributed by atoms with van der Waals surface area (Å²) >= 11 is 14.6. The van der Waals surface area contributed by atoms with Gasteiger partial charge in [0, 0.05) is 19.7 Å². The van der Waals surface area contributed by atoms with Gasteiger partial charge in [0.1, 0.15) is 0 Å². The average Bonchev–Trinajstić information content (AvgIpc) is 2.42. The van der Waals surface area contributed by atoms with Crippen LogP contribution in [-0.4, -0.2) is 6.54 Å². The second kappa shape index (κ2) is 7.64. The number of nitrogens with one attached hydrogen (secondary N) is 1. The molecule has 4 heteroatoms. The second-order valence-corrected chi connectivity index (χ2v) is 6.58. The van der Waals surface area contributed by atoms with Crippen LogP contribution in [0.15, 0.2) is 42.5 Å².